The number of sulfonamides is 1. The number of aryl methyl sites for hydroxylation is 2. The summed E-state index contributed by atoms with van der Waals surface area (Å²) in [6.07, 6.45) is 1.96. The Labute approximate surface area is 124 Å². The first-order valence-corrected chi connectivity index (χ1v) is 8.87. The van der Waals surface area contributed by atoms with E-state index in [1.807, 2.05) is 32.2 Å². The molecule has 2 aromatic rings. The lowest BCUT2D eigenvalue weighted by Gasteiger charge is -2.10. The second kappa shape index (κ2) is 5.89. The average Bonchev–Trinajstić information content (AvgIpc) is 2.43. The largest absolute Gasteiger partial charge is 0.280 e. The van der Waals surface area contributed by atoms with E-state index >= 15 is 0 Å². The number of benzene rings is 2. The van der Waals surface area contributed by atoms with Crippen molar-refractivity contribution in [2.24, 2.45) is 0 Å². The highest BCUT2D eigenvalue weighted by Crippen LogP contribution is 2.21. The Kier molecular flexibility index (Phi) is 4.40. The lowest BCUT2D eigenvalue weighted by Crippen LogP contribution is -2.13. The molecule has 0 aromatic heterocycles. The van der Waals surface area contributed by atoms with Gasteiger partial charge in [0.1, 0.15) is 0 Å². The van der Waals surface area contributed by atoms with Gasteiger partial charge >= 0.3 is 0 Å². The van der Waals surface area contributed by atoms with Crippen molar-refractivity contribution in [1.82, 2.24) is 0 Å². The monoisotopic (exact) mass is 307 g/mol. The van der Waals surface area contributed by atoms with Crippen LogP contribution in [-0.4, -0.2) is 14.7 Å². The topological polar surface area (TPSA) is 46.2 Å². The maximum Gasteiger partial charge on any atom is 0.261 e. The van der Waals surface area contributed by atoms with Crippen molar-refractivity contribution in [3.63, 3.8) is 0 Å². The number of hydrogen-bond acceptors (Lipinski definition) is 3. The van der Waals surface area contributed by atoms with Gasteiger partial charge in [0.15, 0.2) is 0 Å². The van der Waals surface area contributed by atoms with E-state index in [9.17, 15) is 8.42 Å². The average molecular weight is 307 g/mol. The second-order valence-electron chi connectivity index (χ2n) is 4.58. The van der Waals surface area contributed by atoms with E-state index in [4.69, 9.17) is 0 Å². The lowest BCUT2D eigenvalue weighted by molar-refractivity contribution is 0.601. The van der Waals surface area contributed by atoms with Crippen LogP contribution in [-0.2, 0) is 10.0 Å². The minimum Gasteiger partial charge on any atom is -0.280 e. The fourth-order valence-electron chi connectivity index (χ4n) is 1.77. The van der Waals surface area contributed by atoms with Crippen LogP contribution in [0.15, 0.2) is 52.3 Å². The second-order valence-corrected chi connectivity index (χ2v) is 7.14. The van der Waals surface area contributed by atoms with Crippen LogP contribution in [0, 0.1) is 13.8 Å². The fourth-order valence-corrected chi connectivity index (χ4v) is 3.23. The van der Waals surface area contributed by atoms with Crippen molar-refractivity contribution >= 4 is 27.5 Å². The van der Waals surface area contributed by atoms with Crippen LogP contribution in [0.25, 0.3) is 0 Å². The standard InChI is InChI=1S/C15H17NO2S2/c1-11-4-5-13(10-12(11)2)16-20(17,18)15-8-6-14(19-3)7-9-15/h4-10,16H,1-3H3. The molecule has 0 spiro atoms. The van der Waals surface area contributed by atoms with Crippen LogP contribution in [0.4, 0.5) is 5.69 Å². The molecular formula is C15H17NO2S2. The highest BCUT2D eigenvalue weighted by molar-refractivity contribution is 7.98. The van der Waals surface area contributed by atoms with Gasteiger partial charge in [0.2, 0.25) is 0 Å². The molecule has 0 amide bonds. The van der Waals surface area contributed by atoms with E-state index < -0.39 is 10.0 Å². The summed E-state index contributed by atoms with van der Waals surface area (Å²) in [5, 5.41) is 0. The Morgan fingerprint density at radius 1 is 0.950 bits per heavy atom. The van der Waals surface area contributed by atoms with Gasteiger partial charge in [-0.25, -0.2) is 8.42 Å². The van der Waals surface area contributed by atoms with E-state index in [1.54, 1.807) is 42.1 Å². The van der Waals surface area contributed by atoms with Gasteiger partial charge in [0, 0.05) is 10.6 Å². The molecule has 0 aliphatic carbocycles. The van der Waals surface area contributed by atoms with Gasteiger partial charge in [-0.2, -0.15) is 0 Å². The number of rotatable bonds is 4. The lowest BCUT2D eigenvalue weighted by atomic mass is 10.1. The molecule has 0 unspecified atom stereocenters. The van der Waals surface area contributed by atoms with Gasteiger partial charge in [-0.05, 0) is 67.6 Å². The molecule has 0 fully saturated rings. The molecule has 0 aliphatic heterocycles. The molecule has 0 heterocycles. The smallest absolute Gasteiger partial charge is 0.261 e. The Balaban J connectivity index is 2.27. The zero-order valence-corrected chi connectivity index (χ0v) is 13.3. The first-order chi connectivity index (χ1) is 9.42. The molecule has 20 heavy (non-hydrogen) atoms. The summed E-state index contributed by atoms with van der Waals surface area (Å²) < 4.78 is 27.2. The first-order valence-electron chi connectivity index (χ1n) is 6.16. The van der Waals surface area contributed by atoms with Crippen molar-refractivity contribution in [2.75, 3.05) is 11.0 Å². The molecule has 2 rings (SSSR count). The third kappa shape index (κ3) is 3.35. The van der Waals surface area contributed by atoms with Crippen molar-refractivity contribution < 1.29 is 8.42 Å². The molecule has 0 aliphatic rings. The van der Waals surface area contributed by atoms with Crippen molar-refractivity contribution in [3.8, 4) is 0 Å². The molecule has 2 aromatic carbocycles. The number of nitrogens with one attached hydrogen (secondary N) is 1. The van der Waals surface area contributed by atoms with E-state index in [1.165, 1.54) is 0 Å². The van der Waals surface area contributed by atoms with Gasteiger partial charge in [0.05, 0.1) is 4.90 Å². The number of anilines is 1. The van der Waals surface area contributed by atoms with Crippen LogP contribution in [0.3, 0.4) is 0 Å². The predicted octanol–water partition coefficient (Wildman–Crippen LogP) is 3.83. The number of hydrogen-bond donors (Lipinski definition) is 1. The summed E-state index contributed by atoms with van der Waals surface area (Å²) >= 11 is 1.58. The van der Waals surface area contributed by atoms with Crippen molar-refractivity contribution in [2.45, 2.75) is 23.6 Å². The molecule has 0 radical (unpaired) electrons. The van der Waals surface area contributed by atoms with E-state index in [-0.39, 0.29) is 4.90 Å². The molecular weight excluding hydrogens is 290 g/mol. The van der Waals surface area contributed by atoms with Crippen LogP contribution in [0.5, 0.6) is 0 Å². The maximum atomic E-state index is 12.3. The minimum atomic E-state index is -3.53. The third-order valence-electron chi connectivity index (χ3n) is 3.13. The molecule has 1 N–H and O–H groups in total. The summed E-state index contributed by atoms with van der Waals surface area (Å²) in [6.45, 7) is 3.95. The maximum absolute atomic E-state index is 12.3. The van der Waals surface area contributed by atoms with Gasteiger partial charge in [-0.3, -0.25) is 4.72 Å². The van der Waals surface area contributed by atoms with Crippen LogP contribution < -0.4 is 4.72 Å². The normalized spacial score (nSPS) is 11.3. The van der Waals surface area contributed by atoms with Gasteiger partial charge < -0.3 is 0 Å². The van der Waals surface area contributed by atoms with Gasteiger partial charge in [-0.1, -0.05) is 6.07 Å². The predicted molar refractivity (Wildman–Crippen MR) is 84.9 cm³/mol. The first kappa shape index (κ1) is 14.9. The Hall–Kier alpha value is -1.46. The van der Waals surface area contributed by atoms with E-state index in [2.05, 4.69) is 4.72 Å². The van der Waals surface area contributed by atoms with Gasteiger partial charge in [0.25, 0.3) is 10.0 Å². The number of thioether (sulfide) groups is 1. The molecule has 0 saturated carbocycles. The quantitative estimate of drug-likeness (QED) is 0.873. The Morgan fingerprint density at radius 2 is 1.60 bits per heavy atom. The summed E-state index contributed by atoms with van der Waals surface area (Å²) in [5.74, 6) is 0. The van der Waals surface area contributed by atoms with E-state index in [0.717, 1.165) is 16.0 Å². The highest BCUT2D eigenvalue weighted by Gasteiger charge is 2.14. The SMILES string of the molecule is CSc1ccc(S(=O)(=O)Nc2ccc(C)c(C)c2)cc1. The summed E-state index contributed by atoms with van der Waals surface area (Å²) in [4.78, 5) is 1.31. The Morgan fingerprint density at radius 3 is 2.15 bits per heavy atom. The molecule has 0 bridgehead atoms. The molecule has 0 saturated heterocycles. The minimum absolute atomic E-state index is 0.272. The van der Waals surface area contributed by atoms with Crippen molar-refractivity contribution in [1.29, 1.82) is 0 Å². The Bertz CT molecular complexity index is 707. The molecule has 0 atom stereocenters. The zero-order chi connectivity index (χ0) is 14.8. The van der Waals surface area contributed by atoms with Gasteiger partial charge in [-0.15, -0.1) is 11.8 Å². The summed E-state index contributed by atoms with van der Waals surface area (Å²) in [7, 11) is -3.53. The molecule has 3 nitrogen and oxygen atoms in total. The molecule has 106 valence electrons. The summed E-state index contributed by atoms with van der Waals surface area (Å²) in [6, 6.07) is 12.4. The highest BCUT2D eigenvalue weighted by atomic mass is 32.2. The fraction of sp³-hybridized carbons (Fsp3) is 0.200. The van der Waals surface area contributed by atoms with Crippen molar-refractivity contribution in [3.05, 3.63) is 53.6 Å². The van der Waals surface area contributed by atoms with Crippen LogP contribution in [0.2, 0.25) is 0 Å². The third-order valence-corrected chi connectivity index (χ3v) is 5.27. The summed E-state index contributed by atoms with van der Waals surface area (Å²) in [5.41, 5.74) is 2.78. The van der Waals surface area contributed by atoms with E-state index in [0.29, 0.717) is 5.69 Å². The molecule has 5 heteroatoms. The zero-order valence-electron chi connectivity index (χ0n) is 11.7. The van der Waals surface area contributed by atoms with Crippen LogP contribution >= 0.6 is 11.8 Å². The van der Waals surface area contributed by atoms with Crippen LogP contribution in [0.1, 0.15) is 11.1 Å².